The molecular weight excluding hydrogens is 312 g/mol. The van der Waals surface area contributed by atoms with Crippen molar-refractivity contribution < 1.29 is 8.95 Å². The number of benzene rings is 1. The third-order valence-corrected chi connectivity index (χ3v) is 4.57. The summed E-state index contributed by atoms with van der Waals surface area (Å²) in [5.74, 6) is 1.10. The third-order valence-electron chi connectivity index (χ3n) is 3.59. The fourth-order valence-electron chi connectivity index (χ4n) is 2.37. The van der Waals surface area contributed by atoms with Gasteiger partial charge in [0.25, 0.3) is 0 Å². The Morgan fingerprint density at radius 3 is 2.91 bits per heavy atom. The molecule has 0 amide bonds. The summed E-state index contributed by atoms with van der Waals surface area (Å²) < 4.78 is 26.0. The van der Waals surface area contributed by atoms with Crippen LogP contribution < -0.4 is 4.74 Å². The van der Waals surface area contributed by atoms with Crippen LogP contribution in [0.4, 0.5) is 0 Å². The molecule has 0 bridgehead atoms. The molecule has 3 aromatic rings. The lowest BCUT2D eigenvalue weighted by molar-refractivity contribution is 0.415. The second kappa shape index (κ2) is 6.00. The molecular formula is C16H18N4O2S. The zero-order valence-corrected chi connectivity index (χ0v) is 13.8. The summed E-state index contributed by atoms with van der Waals surface area (Å²) in [6.07, 6.45) is 7.43. The summed E-state index contributed by atoms with van der Waals surface area (Å²) in [5, 5.41) is 5.36. The van der Waals surface area contributed by atoms with Crippen molar-refractivity contribution in [3.8, 4) is 11.4 Å². The van der Waals surface area contributed by atoms with Gasteiger partial charge in [-0.25, -0.2) is 4.68 Å². The molecule has 7 heteroatoms. The lowest BCUT2D eigenvalue weighted by atomic mass is 10.2. The minimum atomic E-state index is -2.48. The van der Waals surface area contributed by atoms with Crippen LogP contribution in [0.25, 0.3) is 16.6 Å². The van der Waals surface area contributed by atoms with E-state index in [1.807, 2.05) is 30.5 Å². The van der Waals surface area contributed by atoms with E-state index in [1.165, 1.54) is 6.26 Å². The predicted octanol–water partition coefficient (Wildman–Crippen LogP) is 2.65. The second-order valence-corrected chi connectivity index (χ2v) is 7.88. The fraction of sp³-hybridized carbons (Fsp3) is 0.250. The van der Waals surface area contributed by atoms with Crippen molar-refractivity contribution in [3.63, 3.8) is 0 Å². The van der Waals surface area contributed by atoms with Gasteiger partial charge in [-0.05, 0) is 30.2 Å². The van der Waals surface area contributed by atoms with Gasteiger partial charge in [-0.3, -0.25) is 14.0 Å². The molecule has 1 atom stereocenters. The van der Waals surface area contributed by atoms with E-state index in [1.54, 1.807) is 24.2 Å². The second-order valence-electron chi connectivity index (χ2n) is 5.47. The number of rotatable bonds is 5. The van der Waals surface area contributed by atoms with Crippen molar-refractivity contribution in [1.82, 2.24) is 14.8 Å². The van der Waals surface area contributed by atoms with Gasteiger partial charge in [0.05, 0.1) is 24.5 Å². The highest BCUT2D eigenvalue weighted by Gasteiger charge is 2.08. The minimum Gasteiger partial charge on any atom is -0.497 e. The van der Waals surface area contributed by atoms with Crippen LogP contribution >= 0.6 is 0 Å². The zero-order chi connectivity index (χ0) is 16.4. The first-order valence-electron chi connectivity index (χ1n) is 7.14. The summed E-state index contributed by atoms with van der Waals surface area (Å²) in [6.45, 7) is 0. The largest absolute Gasteiger partial charge is 0.497 e. The minimum absolute atomic E-state index is 0.340. The quantitative estimate of drug-likeness (QED) is 0.780. The lowest BCUT2D eigenvalue weighted by Crippen LogP contribution is -2.03. The molecule has 0 fully saturated rings. The molecule has 23 heavy (non-hydrogen) atoms. The molecule has 3 rings (SSSR count). The topological polar surface area (TPSA) is 80.9 Å². The van der Waals surface area contributed by atoms with Crippen molar-refractivity contribution in [2.24, 2.45) is 0 Å². The van der Waals surface area contributed by atoms with Crippen molar-refractivity contribution in [2.45, 2.75) is 6.42 Å². The molecule has 0 spiro atoms. The number of hydrogen-bond acceptors (Lipinski definition) is 5. The number of aromatic nitrogens is 3. The molecule has 2 aromatic heterocycles. The van der Waals surface area contributed by atoms with Crippen LogP contribution in [-0.4, -0.2) is 38.1 Å². The Kier molecular flexibility index (Phi) is 4.04. The first-order chi connectivity index (χ1) is 11.0. The number of nitrogens with zero attached hydrogens (tertiary/aromatic N) is 3. The van der Waals surface area contributed by atoms with Crippen LogP contribution in [0, 0.1) is 4.78 Å². The Balaban J connectivity index is 1.96. The van der Waals surface area contributed by atoms with Crippen LogP contribution in [0.1, 0.15) is 5.56 Å². The Bertz CT molecular complexity index is 948. The number of nitrogens with one attached hydrogen (secondary N) is 1. The van der Waals surface area contributed by atoms with Crippen molar-refractivity contribution in [3.05, 3.63) is 48.4 Å². The van der Waals surface area contributed by atoms with Gasteiger partial charge in [-0.2, -0.15) is 5.10 Å². The van der Waals surface area contributed by atoms with E-state index >= 15 is 0 Å². The van der Waals surface area contributed by atoms with Crippen LogP contribution in [-0.2, 0) is 16.1 Å². The van der Waals surface area contributed by atoms with Gasteiger partial charge in [-0.1, -0.05) is 0 Å². The Labute approximate surface area is 135 Å². The summed E-state index contributed by atoms with van der Waals surface area (Å²) in [4.78, 5) is 4.37. The molecule has 6 nitrogen and oxygen atoms in total. The number of pyridine rings is 1. The van der Waals surface area contributed by atoms with Gasteiger partial charge in [0, 0.05) is 45.6 Å². The highest BCUT2D eigenvalue weighted by molar-refractivity contribution is 7.91. The number of ether oxygens (including phenoxy) is 1. The van der Waals surface area contributed by atoms with Gasteiger partial charge in [0.2, 0.25) is 0 Å². The summed E-state index contributed by atoms with van der Waals surface area (Å²) in [5.41, 5.74) is 2.72. The molecule has 0 aliphatic carbocycles. The van der Waals surface area contributed by atoms with Gasteiger partial charge in [-0.15, -0.1) is 0 Å². The molecule has 0 saturated carbocycles. The maximum Gasteiger partial charge on any atom is 0.121 e. The van der Waals surface area contributed by atoms with E-state index in [0.29, 0.717) is 12.2 Å². The Morgan fingerprint density at radius 1 is 1.35 bits per heavy atom. The number of aryl methyl sites for hydroxylation is 1. The Morgan fingerprint density at radius 2 is 2.17 bits per heavy atom. The highest BCUT2D eigenvalue weighted by atomic mass is 32.2. The van der Waals surface area contributed by atoms with Crippen LogP contribution in [0.15, 0.2) is 42.9 Å². The number of methoxy groups -OCH3 is 1. The first-order valence-corrected chi connectivity index (χ1v) is 9.28. The zero-order valence-electron chi connectivity index (χ0n) is 13.0. The van der Waals surface area contributed by atoms with E-state index < -0.39 is 9.73 Å². The highest BCUT2D eigenvalue weighted by Crippen LogP contribution is 2.24. The average Bonchev–Trinajstić information content (AvgIpc) is 3.00. The first kappa shape index (κ1) is 15.5. The maximum absolute atomic E-state index is 11.5. The van der Waals surface area contributed by atoms with E-state index in [-0.39, 0.29) is 0 Å². The molecule has 0 saturated heterocycles. The van der Waals surface area contributed by atoms with Gasteiger partial charge >= 0.3 is 0 Å². The van der Waals surface area contributed by atoms with E-state index in [0.717, 1.165) is 27.9 Å². The smallest absolute Gasteiger partial charge is 0.121 e. The summed E-state index contributed by atoms with van der Waals surface area (Å²) in [7, 11) is -0.853. The summed E-state index contributed by atoms with van der Waals surface area (Å²) in [6, 6.07) is 7.64. The third kappa shape index (κ3) is 3.50. The van der Waals surface area contributed by atoms with E-state index in [2.05, 4.69) is 10.1 Å². The Hall–Kier alpha value is -2.41. The fourth-order valence-corrected chi connectivity index (χ4v) is 3.00. The number of hydrogen-bond donors (Lipinski definition) is 1. The van der Waals surface area contributed by atoms with Crippen LogP contribution in [0.2, 0.25) is 0 Å². The number of fused-ring (bicyclic) bond motifs is 1. The average molecular weight is 330 g/mol. The van der Waals surface area contributed by atoms with E-state index in [4.69, 9.17) is 9.52 Å². The lowest BCUT2D eigenvalue weighted by Gasteiger charge is -2.07. The predicted molar refractivity (Wildman–Crippen MR) is 90.8 cm³/mol. The SMILES string of the molecule is COc1ccc2c(-n3cc(CCS(C)(=N)=O)cn3)ccnc2c1. The van der Waals surface area contributed by atoms with Gasteiger partial charge in [0.1, 0.15) is 5.75 Å². The molecule has 1 aromatic carbocycles. The molecule has 120 valence electrons. The van der Waals surface area contributed by atoms with Gasteiger partial charge in [0.15, 0.2) is 0 Å². The normalized spacial score (nSPS) is 13.8. The maximum atomic E-state index is 11.5. The molecule has 1 N–H and O–H groups in total. The molecule has 2 heterocycles. The van der Waals surface area contributed by atoms with Crippen molar-refractivity contribution in [2.75, 3.05) is 19.1 Å². The standard InChI is InChI=1S/C16H18N4O2S/c1-22-13-3-4-14-15(9-13)18-7-5-16(14)20-11-12(10-19-20)6-8-23(2,17)21/h3-5,7,9-11,17H,6,8H2,1-2H3. The molecule has 0 aliphatic rings. The van der Waals surface area contributed by atoms with Gasteiger partial charge < -0.3 is 4.74 Å². The monoisotopic (exact) mass is 330 g/mol. The van der Waals surface area contributed by atoms with Crippen molar-refractivity contribution in [1.29, 1.82) is 4.78 Å². The van der Waals surface area contributed by atoms with Crippen molar-refractivity contribution >= 4 is 20.6 Å². The van der Waals surface area contributed by atoms with E-state index in [9.17, 15) is 4.21 Å². The molecule has 1 unspecified atom stereocenters. The summed E-state index contributed by atoms with van der Waals surface area (Å²) >= 11 is 0. The van der Waals surface area contributed by atoms with Crippen LogP contribution in [0.5, 0.6) is 5.75 Å². The molecule has 0 aliphatic heterocycles. The van der Waals surface area contributed by atoms with Crippen LogP contribution in [0.3, 0.4) is 0 Å². The molecule has 0 radical (unpaired) electrons.